The molecule has 1 unspecified atom stereocenters. The summed E-state index contributed by atoms with van der Waals surface area (Å²) in [4.78, 5) is 29.1. The molecule has 0 aliphatic carbocycles. The van der Waals surface area contributed by atoms with E-state index in [9.17, 15) is 9.59 Å². The van der Waals surface area contributed by atoms with E-state index >= 15 is 0 Å². The number of methoxy groups -OCH3 is 2. The van der Waals surface area contributed by atoms with Crippen molar-refractivity contribution < 1.29 is 23.4 Å². The standard InChI is InChI=1S/C30H28ClNO6/c1-4-5-8-15-37-24-13-11-18(16-25(24)36-3)27-26-28(33)20-9-6-7-10-22(20)38-29(26)30(34)32(27)19-12-14-23(35-2)21(31)17-19/h6-7,9-14,16-17,27H,4-5,8,15H2,1-3H3. The molecular formula is C30H28ClNO6. The van der Waals surface area contributed by atoms with Gasteiger partial charge in [0, 0.05) is 5.69 Å². The minimum Gasteiger partial charge on any atom is -0.495 e. The monoisotopic (exact) mass is 533 g/mol. The van der Waals surface area contributed by atoms with Crippen LogP contribution in [0.4, 0.5) is 5.69 Å². The van der Waals surface area contributed by atoms with Crippen LogP contribution in [0.15, 0.2) is 69.9 Å². The molecular weight excluding hydrogens is 506 g/mol. The third-order valence-corrected chi connectivity index (χ3v) is 7.00. The lowest BCUT2D eigenvalue weighted by Gasteiger charge is -2.26. The quantitative estimate of drug-likeness (QED) is 0.221. The molecule has 0 bridgehead atoms. The summed E-state index contributed by atoms with van der Waals surface area (Å²) in [5, 5.41) is 0.742. The minimum absolute atomic E-state index is 0.00417. The maximum absolute atomic E-state index is 13.8. The van der Waals surface area contributed by atoms with Crippen LogP contribution >= 0.6 is 11.6 Å². The smallest absolute Gasteiger partial charge is 0.295 e. The van der Waals surface area contributed by atoms with Gasteiger partial charge in [-0.2, -0.15) is 0 Å². The van der Waals surface area contributed by atoms with Gasteiger partial charge < -0.3 is 18.6 Å². The van der Waals surface area contributed by atoms with Gasteiger partial charge >= 0.3 is 0 Å². The zero-order valence-corrected chi connectivity index (χ0v) is 22.2. The number of carbonyl (C=O) groups excluding carboxylic acids is 1. The Hall–Kier alpha value is -3.97. The number of nitrogens with zero attached hydrogens (tertiary/aromatic N) is 1. The van der Waals surface area contributed by atoms with Crippen molar-refractivity contribution >= 4 is 34.2 Å². The average Bonchev–Trinajstić information content (AvgIpc) is 3.23. The number of carbonyl (C=O) groups is 1. The van der Waals surface area contributed by atoms with Crippen LogP contribution in [0.5, 0.6) is 17.2 Å². The largest absolute Gasteiger partial charge is 0.495 e. The SMILES string of the molecule is CCCCCOc1ccc(C2c3c(oc4ccccc4c3=O)C(=O)N2c2ccc(OC)c(Cl)c2)cc1OC. The third-order valence-electron chi connectivity index (χ3n) is 6.70. The number of amides is 1. The zero-order chi connectivity index (χ0) is 26.8. The highest BCUT2D eigenvalue weighted by atomic mass is 35.5. The highest BCUT2D eigenvalue weighted by molar-refractivity contribution is 6.32. The summed E-state index contributed by atoms with van der Waals surface area (Å²) in [6.07, 6.45) is 3.10. The molecule has 38 heavy (non-hydrogen) atoms. The van der Waals surface area contributed by atoms with Crippen molar-refractivity contribution in [1.82, 2.24) is 0 Å². The van der Waals surface area contributed by atoms with Gasteiger partial charge in [-0.3, -0.25) is 14.5 Å². The Labute approximate surface area is 225 Å². The lowest BCUT2D eigenvalue weighted by molar-refractivity contribution is 0.0971. The van der Waals surface area contributed by atoms with Crippen molar-refractivity contribution in [3.8, 4) is 17.2 Å². The molecule has 0 N–H and O–H groups in total. The topological polar surface area (TPSA) is 78.2 Å². The van der Waals surface area contributed by atoms with E-state index < -0.39 is 11.9 Å². The van der Waals surface area contributed by atoms with Gasteiger partial charge in [-0.25, -0.2) is 0 Å². The predicted molar refractivity (Wildman–Crippen MR) is 147 cm³/mol. The number of benzene rings is 3. The molecule has 7 nitrogen and oxygen atoms in total. The summed E-state index contributed by atoms with van der Waals surface area (Å²) in [7, 11) is 3.08. The van der Waals surface area contributed by atoms with Crippen molar-refractivity contribution in [2.75, 3.05) is 25.7 Å². The molecule has 2 heterocycles. The third kappa shape index (κ3) is 4.47. The number of rotatable bonds is 9. The van der Waals surface area contributed by atoms with Crippen molar-refractivity contribution in [2.45, 2.75) is 32.2 Å². The number of ether oxygens (including phenoxy) is 3. The molecule has 196 valence electrons. The van der Waals surface area contributed by atoms with Gasteiger partial charge in [0.1, 0.15) is 11.3 Å². The van der Waals surface area contributed by atoms with Crippen LogP contribution in [-0.4, -0.2) is 26.7 Å². The van der Waals surface area contributed by atoms with Gasteiger partial charge in [-0.1, -0.05) is 49.6 Å². The maximum atomic E-state index is 13.8. The normalized spacial score (nSPS) is 14.6. The number of hydrogen-bond acceptors (Lipinski definition) is 6. The van der Waals surface area contributed by atoms with Gasteiger partial charge in [0.05, 0.1) is 42.8 Å². The van der Waals surface area contributed by atoms with Crippen molar-refractivity contribution in [3.63, 3.8) is 0 Å². The van der Waals surface area contributed by atoms with Gasteiger partial charge in [0.15, 0.2) is 16.9 Å². The first-order valence-corrected chi connectivity index (χ1v) is 12.9. The van der Waals surface area contributed by atoms with E-state index in [1.54, 1.807) is 55.6 Å². The average molecular weight is 534 g/mol. The van der Waals surface area contributed by atoms with Crippen LogP contribution in [-0.2, 0) is 0 Å². The van der Waals surface area contributed by atoms with Gasteiger partial charge in [-0.05, 0) is 54.4 Å². The molecule has 0 fully saturated rings. The van der Waals surface area contributed by atoms with E-state index in [0.29, 0.717) is 51.1 Å². The fraction of sp³-hybridized carbons (Fsp3) is 0.267. The molecule has 0 saturated heterocycles. The highest BCUT2D eigenvalue weighted by Gasteiger charge is 2.44. The summed E-state index contributed by atoms with van der Waals surface area (Å²) >= 11 is 6.43. The first kappa shape index (κ1) is 25.7. The fourth-order valence-electron chi connectivity index (χ4n) is 4.81. The van der Waals surface area contributed by atoms with Crippen LogP contribution in [0.2, 0.25) is 5.02 Å². The molecule has 1 aromatic heterocycles. The first-order chi connectivity index (χ1) is 18.5. The lowest BCUT2D eigenvalue weighted by atomic mass is 9.97. The second kappa shape index (κ2) is 10.8. The Balaban J connectivity index is 1.67. The summed E-state index contributed by atoms with van der Waals surface area (Å²) in [5.41, 5.74) is 1.52. The molecule has 1 amide bonds. The Kier molecular flexibility index (Phi) is 7.29. The van der Waals surface area contributed by atoms with Gasteiger partial charge in [0.25, 0.3) is 5.91 Å². The molecule has 4 aromatic rings. The number of hydrogen-bond donors (Lipinski definition) is 0. The Morgan fingerprint density at radius 1 is 0.921 bits per heavy atom. The lowest BCUT2D eigenvalue weighted by Crippen LogP contribution is -2.29. The van der Waals surface area contributed by atoms with E-state index in [2.05, 4.69) is 6.92 Å². The molecule has 0 spiro atoms. The van der Waals surface area contributed by atoms with Crippen molar-refractivity contribution in [1.29, 1.82) is 0 Å². The molecule has 1 aliphatic heterocycles. The maximum Gasteiger partial charge on any atom is 0.295 e. The van der Waals surface area contributed by atoms with E-state index in [1.807, 2.05) is 12.1 Å². The second-order valence-electron chi connectivity index (χ2n) is 9.03. The summed E-state index contributed by atoms with van der Waals surface area (Å²) in [6, 6.07) is 16.7. The number of halogens is 1. The fourth-order valence-corrected chi connectivity index (χ4v) is 5.07. The molecule has 0 radical (unpaired) electrons. The van der Waals surface area contributed by atoms with Crippen LogP contribution in [0.1, 0.15) is 53.9 Å². The first-order valence-electron chi connectivity index (χ1n) is 12.5. The van der Waals surface area contributed by atoms with Crippen LogP contribution in [0.3, 0.4) is 0 Å². The molecule has 0 saturated carbocycles. The summed E-state index contributed by atoms with van der Waals surface area (Å²) in [5.74, 6) is 1.15. The minimum atomic E-state index is -0.772. The second-order valence-corrected chi connectivity index (χ2v) is 9.44. The molecule has 1 aliphatic rings. The predicted octanol–water partition coefficient (Wildman–Crippen LogP) is 6.78. The summed E-state index contributed by atoms with van der Waals surface area (Å²) in [6.45, 7) is 2.71. The van der Waals surface area contributed by atoms with Crippen LogP contribution < -0.4 is 24.5 Å². The van der Waals surface area contributed by atoms with Crippen LogP contribution in [0.25, 0.3) is 11.0 Å². The Bertz CT molecular complexity index is 1560. The Morgan fingerprint density at radius 2 is 1.68 bits per heavy atom. The molecule has 5 rings (SSSR count). The Morgan fingerprint density at radius 3 is 2.42 bits per heavy atom. The van der Waals surface area contributed by atoms with E-state index in [-0.39, 0.29) is 16.8 Å². The van der Waals surface area contributed by atoms with Crippen molar-refractivity contribution in [3.05, 3.63) is 92.8 Å². The highest BCUT2D eigenvalue weighted by Crippen LogP contribution is 2.44. The zero-order valence-electron chi connectivity index (χ0n) is 21.5. The van der Waals surface area contributed by atoms with Gasteiger partial charge in [0.2, 0.25) is 5.76 Å². The molecule has 8 heteroatoms. The number of unbranched alkanes of at least 4 members (excludes halogenated alkanes) is 2. The summed E-state index contributed by atoms with van der Waals surface area (Å²) < 4.78 is 22.9. The number of para-hydroxylation sites is 1. The number of fused-ring (bicyclic) bond motifs is 2. The van der Waals surface area contributed by atoms with E-state index in [1.165, 1.54) is 12.0 Å². The molecule has 1 atom stereocenters. The van der Waals surface area contributed by atoms with E-state index in [4.69, 9.17) is 30.2 Å². The molecule has 3 aromatic carbocycles. The van der Waals surface area contributed by atoms with Crippen molar-refractivity contribution in [2.24, 2.45) is 0 Å². The van der Waals surface area contributed by atoms with E-state index in [0.717, 1.165) is 19.3 Å². The number of anilines is 1. The van der Waals surface area contributed by atoms with Crippen LogP contribution in [0, 0.1) is 0 Å². The van der Waals surface area contributed by atoms with Gasteiger partial charge in [-0.15, -0.1) is 0 Å².